The van der Waals surface area contributed by atoms with Crippen molar-refractivity contribution >= 4 is 21.5 Å². The molecule has 2 heterocycles. The van der Waals surface area contributed by atoms with Crippen molar-refractivity contribution in [3.63, 3.8) is 0 Å². The van der Waals surface area contributed by atoms with Crippen molar-refractivity contribution in [2.75, 3.05) is 5.75 Å². The number of rotatable bonds is 5. The van der Waals surface area contributed by atoms with Gasteiger partial charge in [-0.05, 0) is 38.5 Å². The number of halogens is 4. The standard InChI is InChI=1S/C21H22F4N4O3S/c1-12-8-28-16(9-27-12)17(30)7-13-4-5-15(22)14(6-13)19(2)11-33(31,32)20(3,18(26)29-19)10-21(23,24)25/h4-6,8-9H,7,10-11H2,1-3H3,(H2,26,29)/t19-,20+/m0/s1. The number of hydrogen-bond donors (Lipinski definition) is 1. The second kappa shape index (κ2) is 8.15. The van der Waals surface area contributed by atoms with Gasteiger partial charge in [-0.15, -0.1) is 0 Å². The molecule has 0 radical (unpaired) electrons. The maximum Gasteiger partial charge on any atom is 0.391 e. The molecule has 0 unspecified atom stereocenters. The fourth-order valence-corrected chi connectivity index (χ4v) is 5.76. The van der Waals surface area contributed by atoms with E-state index in [1.54, 1.807) is 6.92 Å². The molecule has 0 saturated heterocycles. The quantitative estimate of drug-likeness (QED) is 0.513. The van der Waals surface area contributed by atoms with E-state index in [4.69, 9.17) is 5.73 Å². The van der Waals surface area contributed by atoms with Gasteiger partial charge in [0.15, 0.2) is 15.6 Å². The fourth-order valence-electron chi connectivity index (χ4n) is 3.73. The van der Waals surface area contributed by atoms with Gasteiger partial charge in [0.1, 0.15) is 27.6 Å². The number of ketones is 1. The van der Waals surface area contributed by atoms with Crippen LogP contribution in [-0.2, 0) is 21.8 Å². The van der Waals surface area contributed by atoms with E-state index < -0.39 is 55.9 Å². The molecule has 0 aliphatic carbocycles. The number of carbonyl (C=O) groups excluding carboxylic acids is 1. The molecule has 12 heteroatoms. The van der Waals surface area contributed by atoms with Crippen LogP contribution in [-0.4, -0.2) is 46.7 Å². The van der Waals surface area contributed by atoms with Crippen molar-refractivity contribution in [1.82, 2.24) is 9.97 Å². The Kier molecular flexibility index (Phi) is 6.12. The van der Waals surface area contributed by atoms with E-state index in [0.717, 1.165) is 13.0 Å². The summed E-state index contributed by atoms with van der Waals surface area (Å²) in [5.41, 5.74) is 4.84. The summed E-state index contributed by atoms with van der Waals surface area (Å²) in [5.74, 6) is -2.85. The topological polar surface area (TPSA) is 115 Å². The Morgan fingerprint density at radius 1 is 1.18 bits per heavy atom. The highest BCUT2D eigenvalue weighted by Gasteiger charge is 2.56. The number of Topliss-reactive ketones (excluding diaryl/α,β-unsaturated/α-hetero) is 1. The molecule has 1 aliphatic rings. The van der Waals surface area contributed by atoms with Crippen LogP contribution in [0.25, 0.3) is 0 Å². The lowest BCUT2D eigenvalue weighted by molar-refractivity contribution is -0.137. The molecule has 0 spiro atoms. The third-order valence-corrected chi connectivity index (χ3v) is 8.32. The number of benzene rings is 1. The number of aliphatic imine (C=N–C) groups is 1. The number of hydrogen-bond acceptors (Lipinski definition) is 7. The number of amidine groups is 1. The molecule has 2 N–H and O–H groups in total. The first kappa shape index (κ1) is 24.7. The van der Waals surface area contributed by atoms with Crippen molar-refractivity contribution in [2.24, 2.45) is 10.7 Å². The third-order valence-electron chi connectivity index (χ3n) is 5.65. The number of nitrogens with zero attached hydrogens (tertiary/aromatic N) is 3. The summed E-state index contributed by atoms with van der Waals surface area (Å²) in [4.78, 5) is 24.5. The second-order valence-corrected chi connectivity index (χ2v) is 10.9. The van der Waals surface area contributed by atoms with Gasteiger partial charge in [0.2, 0.25) is 0 Å². The van der Waals surface area contributed by atoms with Crippen LogP contribution < -0.4 is 5.73 Å². The zero-order valence-electron chi connectivity index (χ0n) is 18.1. The molecule has 178 valence electrons. The Hall–Kier alpha value is -2.89. The molecule has 2 aromatic rings. The number of sulfone groups is 1. The highest BCUT2D eigenvalue weighted by atomic mass is 32.2. The molecule has 0 fully saturated rings. The Balaban J connectivity index is 2.00. The number of alkyl halides is 3. The predicted octanol–water partition coefficient (Wildman–Crippen LogP) is 3.06. The van der Waals surface area contributed by atoms with E-state index in [-0.39, 0.29) is 17.7 Å². The summed E-state index contributed by atoms with van der Waals surface area (Å²) < 4.78 is 77.2. The summed E-state index contributed by atoms with van der Waals surface area (Å²) in [5, 5.41) is 0. The molecule has 33 heavy (non-hydrogen) atoms. The first-order valence-corrected chi connectivity index (χ1v) is 11.5. The number of aromatic nitrogens is 2. The second-order valence-electron chi connectivity index (χ2n) is 8.51. The lowest BCUT2D eigenvalue weighted by Gasteiger charge is -2.40. The van der Waals surface area contributed by atoms with Crippen LogP contribution in [0.1, 0.15) is 47.6 Å². The molecule has 1 aromatic heterocycles. The molecule has 7 nitrogen and oxygen atoms in total. The van der Waals surface area contributed by atoms with Gasteiger partial charge in [-0.25, -0.2) is 17.8 Å². The van der Waals surface area contributed by atoms with Gasteiger partial charge in [0.05, 0.1) is 24.1 Å². The largest absolute Gasteiger partial charge is 0.391 e. The Morgan fingerprint density at radius 3 is 2.39 bits per heavy atom. The van der Waals surface area contributed by atoms with Gasteiger partial charge in [-0.3, -0.25) is 14.8 Å². The van der Waals surface area contributed by atoms with E-state index in [1.165, 1.54) is 31.5 Å². The van der Waals surface area contributed by atoms with Crippen molar-refractivity contribution in [2.45, 2.75) is 50.1 Å². The SMILES string of the molecule is Cc1cnc(C(=O)Cc2ccc(F)c([C@]3(C)CS(=O)(=O)[C@](C)(CC(F)(F)F)C(N)=N3)c2)cn1. The number of carbonyl (C=O) groups is 1. The van der Waals surface area contributed by atoms with E-state index in [2.05, 4.69) is 15.0 Å². The lowest BCUT2D eigenvalue weighted by atomic mass is 9.90. The van der Waals surface area contributed by atoms with Gasteiger partial charge in [-0.1, -0.05) is 6.07 Å². The van der Waals surface area contributed by atoms with Crippen LogP contribution in [0.4, 0.5) is 17.6 Å². The molecule has 1 aliphatic heterocycles. The summed E-state index contributed by atoms with van der Waals surface area (Å²) >= 11 is 0. The summed E-state index contributed by atoms with van der Waals surface area (Å²) in [7, 11) is -4.49. The number of aryl methyl sites for hydroxylation is 1. The van der Waals surface area contributed by atoms with Crippen LogP contribution in [0, 0.1) is 12.7 Å². The number of nitrogens with two attached hydrogens (primary N) is 1. The first-order chi connectivity index (χ1) is 15.1. The lowest BCUT2D eigenvalue weighted by Crippen LogP contribution is -2.58. The maximum absolute atomic E-state index is 14.8. The minimum atomic E-state index is -4.81. The Morgan fingerprint density at radius 2 is 1.85 bits per heavy atom. The van der Waals surface area contributed by atoms with Crippen molar-refractivity contribution in [1.29, 1.82) is 0 Å². The minimum absolute atomic E-state index is 0.100. The molecule has 1 aromatic carbocycles. The van der Waals surface area contributed by atoms with Crippen molar-refractivity contribution in [3.8, 4) is 0 Å². The van der Waals surface area contributed by atoms with Crippen LogP contribution in [0.2, 0.25) is 0 Å². The van der Waals surface area contributed by atoms with Gasteiger partial charge < -0.3 is 5.73 Å². The normalized spacial score (nSPS) is 24.9. The molecule has 2 atom stereocenters. The van der Waals surface area contributed by atoms with E-state index >= 15 is 0 Å². The fraction of sp³-hybridized carbons (Fsp3) is 0.429. The Bertz CT molecular complexity index is 1230. The monoisotopic (exact) mass is 486 g/mol. The van der Waals surface area contributed by atoms with E-state index in [1.807, 2.05) is 0 Å². The maximum atomic E-state index is 14.8. The zero-order chi connectivity index (χ0) is 24.8. The highest BCUT2D eigenvalue weighted by molar-refractivity contribution is 7.93. The van der Waals surface area contributed by atoms with Gasteiger partial charge in [0, 0.05) is 18.2 Å². The van der Waals surface area contributed by atoms with E-state index in [0.29, 0.717) is 11.3 Å². The van der Waals surface area contributed by atoms with Crippen LogP contribution in [0.15, 0.2) is 35.6 Å². The smallest absolute Gasteiger partial charge is 0.386 e. The average Bonchev–Trinajstić information content (AvgIpc) is 2.67. The molecule has 3 rings (SSSR count). The average molecular weight is 486 g/mol. The predicted molar refractivity (Wildman–Crippen MR) is 113 cm³/mol. The minimum Gasteiger partial charge on any atom is -0.386 e. The molecule has 0 saturated carbocycles. The highest BCUT2D eigenvalue weighted by Crippen LogP contribution is 2.42. The van der Waals surface area contributed by atoms with Gasteiger partial charge >= 0.3 is 6.18 Å². The van der Waals surface area contributed by atoms with Crippen molar-refractivity contribution < 1.29 is 30.8 Å². The van der Waals surface area contributed by atoms with Crippen LogP contribution in [0.5, 0.6) is 0 Å². The van der Waals surface area contributed by atoms with Gasteiger partial charge in [0.25, 0.3) is 0 Å². The molecular weight excluding hydrogens is 464 g/mol. The summed E-state index contributed by atoms with van der Waals surface area (Å²) in [6.07, 6.45) is -3.96. The van der Waals surface area contributed by atoms with Gasteiger partial charge in [-0.2, -0.15) is 13.2 Å². The Labute approximate surface area is 188 Å². The van der Waals surface area contributed by atoms with Crippen LogP contribution in [0.3, 0.4) is 0 Å². The molecule has 0 amide bonds. The molecular formula is C21H22F4N4O3S. The summed E-state index contributed by atoms with van der Waals surface area (Å²) in [6.45, 7) is 3.85. The van der Waals surface area contributed by atoms with Crippen molar-refractivity contribution in [3.05, 3.63) is 58.9 Å². The summed E-state index contributed by atoms with van der Waals surface area (Å²) in [6, 6.07) is 3.67. The van der Waals surface area contributed by atoms with E-state index in [9.17, 15) is 30.8 Å². The molecule has 0 bridgehead atoms. The van der Waals surface area contributed by atoms with Crippen LogP contribution >= 0.6 is 0 Å². The first-order valence-electron chi connectivity index (χ1n) is 9.82. The third kappa shape index (κ3) is 4.90. The zero-order valence-corrected chi connectivity index (χ0v) is 18.9.